The molecule has 1 atom stereocenters. The molecule has 3 amide bonds. The number of nitrogens with one attached hydrogen (secondary N) is 2. The van der Waals surface area contributed by atoms with E-state index in [0.29, 0.717) is 12.1 Å². The van der Waals surface area contributed by atoms with Crippen LogP contribution in [0.2, 0.25) is 0 Å². The predicted octanol–water partition coefficient (Wildman–Crippen LogP) is 3.37. The standard InChI is InChI=1S/C22H23F2N3O3/c1-2-3-20(28)26-18-6-4-14(5-7-18)12-25-22(30)15-8-21(29)27(13-15)19-10-16(23)9-17(24)11-19/h4-7,9-11,15H,2-3,8,12-13H2,1H3,(H,25,30)(H,26,28). The number of anilines is 2. The first kappa shape index (κ1) is 21.4. The molecule has 1 saturated heterocycles. The summed E-state index contributed by atoms with van der Waals surface area (Å²) in [6, 6.07) is 9.98. The Morgan fingerprint density at radius 3 is 2.40 bits per heavy atom. The van der Waals surface area contributed by atoms with Gasteiger partial charge in [0.15, 0.2) is 0 Å². The van der Waals surface area contributed by atoms with Crippen molar-refractivity contribution in [1.82, 2.24) is 5.32 Å². The molecule has 2 aromatic carbocycles. The lowest BCUT2D eigenvalue weighted by atomic mass is 10.1. The quantitative estimate of drug-likeness (QED) is 0.728. The number of hydrogen-bond donors (Lipinski definition) is 2. The first-order chi connectivity index (χ1) is 14.4. The van der Waals surface area contributed by atoms with Gasteiger partial charge in [-0.05, 0) is 36.2 Å². The molecule has 1 aliphatic heterocycles. The summed E-state index contributed by atoms with van der Waals surface area (Å²) in [5.41, 5.74) is 1.63. The van der Waals surface area contributed by atoms with E-state index in [2.05, 4.69) is 10.6 Å². The maximum absolute atomic E-state index is 13.4. The molecule has 0 bridgehead atoms. The lowest BCUT2D eigenvalue weighted by Gasteiger charge is -2.17. The van der Waals surface area contributed by atoms with Crippen LogP contribution in [0.1, 0.15) is 31.7 Å². The molecule has 0 aromatic heterocycles. The van der Waals surface area contributed by atoms with Crippen molar-refractivity contribution in [3.63, 3.8) is 0 Å². The fourth-order valence-electron chi connectivity index (χ4n) is 3.32. The van der Waals surface area contributed by atoms with Crippen molar-refractivity contribution in [2.45, 2.75) is 32.7 Å². The van der Waals surface area contributed by atoms with E-state index in [1.54, 1.807) is 24.3 Å². The van der Waals surface area contributed by atoms with Gasteiger partial charge in [-0.2, -0.15) is 0 Å². The minimum atomic E-state index is -0.778. The fourth-order valence-corrected chi connectivity index (χ4v) is 3.32. The zero-order chi connectivity index (χ0) is 21.7. The summed E-state index contributed by atoms with van der Waals surface area (Å²) >= 11 is 0. The second-order valence-corrected chi connectivity index (χ2v) is 7.25. The van der Waals surface area contributed by atoms with Crippen molar-refractivity contribution < 1.29 is 23.2 Å². The van der Waals surface area contributed by atoms with Crippen LogP contribution >= 0.6 is 0 Å². The van der Waals surface area contributed by atoms with E-state index in [1.165, 1.54) is 4.90 Å². The van der Waals surface area contributed by atoms with Gasteiger partial charge in [0.25, 0.3) is 0 Å². The zero-order valence-corrected chi connectivity index (χ0v) is 16.6. The highest BCUT2D eigenvalue weighted by Gasteiger charge is 2.35. The van der Waals surface area contributed by atoms with Crippen LogP contribution in [0.15, 0.2) is 42.5 Å². The minimum Gasteiger partial charge on any atom is -0.352 e. The number of halogens is 2. The van der Waals surface area contributed by atoms with Crippen molar-refractivity contribution in [2.75, 3.05) is 16.8 Å². The molecule has 0 radical (unpaired) electrons. The molecule has 3 rings (SSSR count). The molecule has 1 heterocycles. The van der Waals surface area contributed by atoms with Gasteiger partial charge in [-0.3, -0.25) is 14.4 Å². The Kier molecular flexibility index (Phi) is 6.76. The molecule has 2 aromatic rings. The van der Waals surface area contributed by atoms with Gasteiger partial charge in [0.1, 0.15) is 11.6 Å². The van der Waals surface area contributed by atoms with Crippen molar-refractivity contribution in [2.24, 2.45) is 5.92 Å². The number of benzene rings is 2. The van der Waals surface area contributed by atoms with Crippen LogP contribution in [-0.4, -0.2) is 24.3 Å². The maximum atomic E-state index is 13.4. The molecule has 30 heavy (non-hydrogen) atoms. The molecule has 0 saturated carbocycles. The Morgan fingerprint density at radius 1 is 1.10 bits per heavy atom. The highest BCUT2D eigenvalue weighted by atomic mass is 19.1. The Labute approximate surface area is 173 Å². The Bertz CT molecular complexity index is 927. The summed E-state index contributed by atoms with van der Waals surface area (Å²) in [5, 5.41) is 5.57. The van der Waals surface area contributed by atoms with Crippen LogP contribution in [0.3, 0.4) is 0 Å². The van der Waals surface area contributed by atoms with E-state index in [9.17, 15) is 23.2 Å². The van der Waals surface area contributed by atoms with Crippen LogP contribution in [-0.2, 0) is 20.9 Å². The Morgan fingerprint density at radius 2 is 1.77 bits per heavy atom. The fraction of sp³-hybridized carbons (Fsp3) is 0.318. The highest BCUT2D eigenvalue weighted by Crippen LogP contribution is 2.26. The summed E-state index contributed by atoms with van der Waals surface area (Å²) < 4.78 is 26.9. The number of carbonyl (C=O) groups is 3. The van der Waals surface area contributed by atoms with Gasteiger partial charge in [0.05, 0.1) is 5.92 Å². The molecule has 1 unspecified atom stereocenters. The van der Waals surface area contributed by atoms with Gasteiger partial charge < -0.3 is 15.5 Å². The molecular weight excluding hydrogens is 392 g/mol. The van der Waals surface area contributed by atoms with E-state index < -0.39 is 17.6 Å². The van der Waals surface area contributed by atoms with E-state index in [4.69, 9.17) is 0 Å². The smallest absolute Gasteiger partial charge is 0.227 e. The first-order valence-electron chi connectivity index (χ1n) is 9.78. The average molecular weight is 415 g/mol. The Hall–Kier alpha value is -3.29. The molecule has 6 nitrogen and oxygen atoms in total. The van der Waals surface area contributed by atoms with Gasteiger partial charge in [0, 0.05) is 43.4 Å². The number of nitrogens with zero attached hydrogens (tertiary/aromatic N) is 1. The van der Waals surface area contributed by atoms with E-state index in [-0.39, 0.29) is 42.9 Å². The van der Waals surface area contributed by atoms with Gasteiger partial charge in [-0.15, -0.1) is 0 Å². The third kappa shape index (κ3) is 5.40. The molecule has 0 spiro atoms. The third-order valence-corrected chi connectivity index (χ3v) is 4.84. The number of rotatable bonds is 7. The molecule has 158 valence electrons. The van der Waals surface area contributed by atoms with Crippen molar-refractivity contribution in [3.05, 3.63) is 59.7 Å². The topological polar surface area (TPSA) is 78.5 Å². The maximum Gasteiger partial charge on any atom is 0.227 e. The number of hydrogen-bond acceptors (Lipinski definition) is 3. The highest BCUT2D eigenvalue weighted by molar-refractivity contribution is 6.00. The summed E-state index contributed by atoms with van der Waals surface area (Å²) in [6.07, 6.45) is 1.20. The van der Waals surface area contributed by atoms with Crippen LogP contribution in [0.4, 0.5) is 20.2 Å². The molecule has 1 aliphatic rings. The molecular formula is C22H23F2N3O3. The zero-order valence-electron chi connectivity index (χ0n) is 16.6. The summed E-state index contributed by atoms with van der Waals surface area (Å²) in [4.78, 5) is 37.5. The summed E-state index contributed by atoms with van der Waals surface area (Å²) in [5.74, 6) is -2.86. The van der Waals surface area contributed by atoms with Gasteiger partial charge in [-0.1, -0.05) is 19.1 Å². The van der Waals surface area contributed by atoms with Crippen LogP contribution in [0.5, 0.6) is 0 Å². The Balaban J connectivity index is 1.54. The predicted molar refractivity (Wildman–Crippen MR) is 109 cm³/mol. The number of amides is 3. The van der Waals surface area contributed by atoms with E-state index >= 15 is 0 Å². The van der Waals surface area contributed by atoms with Gasteiger partial charge in [-0.25, -0.2) is 8.78 Å². The van der Waals surface area contributed by atoms with Gasteiger partial charge in [0.2, 0.25) is 17.7 Å². The minimum absolute atomic E-state index is 0.0215. The largest absolute Gasteiger partial charge is 0.352 e. The lowest BCUT2D eigenvalue weighted by molar-refractivity contribution is -0.126. The molecule has 0 aliphatic carbocycles. The van der Waals surface area contributed by atoms with E-state index in [1.807, 2.05) is 6.92 Å². The monoisotopic (exact) mass is 415 g/mol. The van der Waals surface area contributed by atoms with Crippen molar-refractivity contribution in [1.29, 1.82) is 0 Å². The third-order valence-electron chi connectivity index (χ3n) is 4.84. The van der Waals surface area contributed by atoms with Crippen molar-refractivity contribution in [3.8, 4) is 0 Å². The van der Waals surface area contributed by atoms with Crippen LogP contribution < -0.4 is 15.5 Å². The summed E-state index contributed by atoms with van der Waals surface area (Å²) in [6.45, 7) is 2.26. The number of carbonyl (C=O) groups excluding carboxylic acids is 3. The molecule has 8 heteroatoms. The molecule has 1 fully saturated rings. The second kappa shape index (κ2) is 9.47. The first-order valence-corrected chi connectivity index (χ1v) is 9.78. The normalized spacial score (nSPS) is 15.9. The van der Waals surface area contributed by atoms with Crippen molar-refractivity contribution >= 4 is 29.1 Å². The second-order valence-electron chi connectivity index (χ2n) is 7.25. The summed E-state index contributed by atoms with van der Waals surface area (Å²) in [7, 11) is 0. The SMILES string of the molecule is CCCC(=O)Nc1ccc(CNC(=O)C2CC(=O)N(c3cc(F)cc(F)c3)C2)cc1. The van der Waals surface area contributed by atoms with Crippen LogP contribution in [0.25, 0.3) is 0 Å². The lowest BCUT2D eigenvalue weighted by Crippen LogP contribution is -2.32. The van der Waals surface area contributed by atoms with E-state index in [0.717, 1.165) is 30.2 Å². The van der Waals surface area contributed by atoms with Crippen LogP contribution in [0, 0.1) is 17.6 Å². The van der Waals surface area contributed by atoms with Gasteiger partial charge >= 0.3 is 0 Å². The average Bonchev–Trinajstić information content (AvgIpc) is 3.08. The molecule has 2 N–H and O–H groups in total.